The molecule has 0 N–H and O–H groups in total. The molecule has 0 aromatic heterocycles. The molecule has 0 fully saturated rings. The highest BCUT2D eigenvalue weighted by atomic mass is 35.5. The zero-order chi connectivity index (χ0) is 15.4. The summed E-state index contributed by atoms with van der Waals surface area (Å²) in [5, 5.41) is 0.428. The van der Waals surface area contributed by atoms with Gasteiger partial charge in [0.15, 0.2) is 0 Å². The Morgan fingerprint density at radius 1 is 1.14 bits per heavy atom. The van der Waals surface area contributed by atoms with Gasteiger partial charge in [-0.3, -0.25) is 0 Å². The lowest BCUT2D eigenvalue weighted by molar-refractivity contribution is 0.340. The molecule has 1 nitrogen and oxygen atoms in total. The molecule has 1 atom stereocenters. The number of alkyl halides is 1. The maximum atomic E-state index is 13.7. The Hall–Kier alpha value is -0.960. The van der Waals surface area contributed by atoms with Gasteiger partial charge in [0.05, 0.1) is 17.0 Å². The van der Waals surface area contributed by atoms with Crippen molar-refractivity contribution in [3.8, 4) is 5.75 Å². The fourth-order valence-corrected chi connectivity index (χ4v) is 2.93. The number of benzene rings is 2. The average Bonchev–Trinajstić information content (AvgIpc) is 2.45. The van der Waals surface area contributed by atoms with E-state index in [1.807, 2.05) is 6.92 Å². The van der Waals surface area contributed by atoms with Crippen LogP contribution in [0.1, 0.15) is 23.4 Å². The first-order valence-corrected chi connectivity index (χ1v) is 7.71. The van der Waals surface area contributed by atoms with Crippen LogP contribution in [0.2, 0.25) is 10.0 Å². The maximum Gasteiger partial charge on any atom is 0.139 e. The van der Waals surface area contributed by atoms with Crippen molar-refractivity contribution in [3.05, 3.63) is 63.4 Å². The first-order chi connectivity index (χ1) is 10.0. The molecule has 1 unspecified atom stereocenters. The van der Waals surface area contributed by atoms with Gasteiger partial charge in [-0.25, -0.2) is 4.39 Å². The molecule has 5 heteroatoms. The van der Waals surface area contributed by atoms with Crippen LogP contribution in [-0.4, -0.2) is 6.61 Å². The molecule has 0 spiro atoms. The smallest absolute Gasteiger partial charge is 0.139 e. The van der Waals surface area contributed by atoms with Gasteiger partial charge in [-0.15, -0.1) is 11.6 Å². The van der Waals surface area contributed by atoms with E-state index in [1.54, 1.807) is 30.3 Å². The van der Waals surface area contributed by atoms with Gasteiger partial charge >= 0.3 is 0 Å². The van der Waals surface area contributed by atoms with Gasteiger partial charge in [-0.1, -0.05) is 41.4 Å². The molecule has 0 aliphatic heterocycles. The molecule has 0 radical (unpaired) electrons. The van der Waals surface area contributed by atoms with Crippen molar-refractivity contribution in [2.24, 2.45) is 0 Å². The van der Waals surface area contributed by atoms with Crippen LogP contribution < -0.4 is 4.74 Å². The van der Waals surface area contributed by atoms with Crippen LogP contribution in [0.25, 0.3) is 0 Å². The predicted octanol–water partition coefficient (Wildman–Crippen LogP) is 6.05. The van der Waals surface area contributed by atoms with Crippen LogP contribution >= 0.6 is 34.8 Å². The molecule has 0 saturated heterocycles. The molecular weight excluding hydrogens is 334 g/mol. The number of hydrogen-bond donors (Lipinski definition) is 0. The van der Waals surface area contributed by atoms with E-state index in [-0.39, 0.29) is 5.82 Å². The second-order valence-corrected chi connectivity index (χ2v) is 5.84. The van der Waals surface area contributed by atoms with E-state index in [0.29, 0.717) is 39.9 Å². The number of ether oxygens (including phenoxy) is 1. The quantitative estimate of drug-likeness (QED) is 0.598. The lowest BCUT2D eigenvalue weighted by Crippen LogP contribution is -2.00. The molecule has 2 aromatic rings. The van der Waals surface area contributed by atoms with Crippen molar-refractivity contribution >= 4 is 34.8 Å². The van der Waals surface area contributed by atoms with Crippen LogP contribution in [0, 0.1) is 5.82 Å². The molecule has 0 amide bonds. The highest BCUT2D eigenvalue weighted by Gasteiger charge is 2.17. The minimum absolute atomic E-state index is 0.281. The third kappa shape index (κ3) is 4.03. The Kier molecular flexibility index (Phi) is 5.74. The van der Waals surface area contributed by atoms with Crippen LogP contribution in [0.4, 0.5) is 4.39 Å². The summed E-state index contributed by atoms with van der Waals surface area (Å²) in [6.45, 7) is 2.36. The monoisotopic (exact) mass is 346 g/mol. The topological polar surface area (TPSA) is 9.23 Å². The van der Waals surface area contributed by atoms with Gasteiger partial charge in [0.25, 0.3) is 0 Å². The van der Waals surface area contributed by atoms with Gasteiger partial charge in [-0.2, -0.15) is 0 Å². The third-order valence-corrected chi connectivity index (χ3v) is 4.06. The van der Waals surface area contributed by atoms with Crippen molar-refractivity contribution < 1.29 is 9.13 Å². The van der Waals surface area contributed by atoms with Gasteiger partial charge in [0.1, 0.15) is 11.6 Å². The predicted molar refractivity (Wildman–Crippen MR) is 86.3 cm³/mol. The molecule has 21 heavy (non-hydrogen) atoms. The lowest BCUT2D eigenvalue weighted by atomic mass is 10.0. The van der Waals surface area contributed by atoms with Gasteiger partial charge < -0.3 is 4.74 Å². The van der Waals surface area contributed by atoms with Crippen molar-refractivity contribution in [2.45, 2.75) is 18.7 Å². The molecular formula is C16H14Cl3FO. The number of hydrogen-bond acceptors (Lipinski definition) is 1. The Morgan fingerprint density at radius 2 is 1.86 bits per heavy atom. The van der Waals surface area contributed by atoms with E-state index in [4.69, 9.17) is 39.5 Å². The zero-order valence-corrected chi connectivity index (χ0v) is 13.6. The summed E-state index contributed by atoms with van der Waals surface area (Å²) in [6, 6.07) is 9.84. The third-order valence-electron chi connectivity index (χ3n) is 3.05. The molecule has 2 rings (SSSR count). The van der Waals surface area contributed by atoms with Gasteiger partial charge in [-0.05, 0) is 36.6 Å². The Morgan fingerprint density at radius 3 is 2.52 bits per heavy atom. The molecule has 0 aliphatic carbocycles. The summed E-state index contributed by atoms with van der Waals surface area (Å²) in [5.74, 6) is 0.235. The summed E-state index contributed by atoms with van der Waals surface area (Å²) >= 11 is 18.7. The van der Waals surface area contributed by atoms with E-state index in [0.717, 1.165) is 0 Å². The molecule has 0 bridgehead atoms. The summed E-state index contributed by atoms with van der Waals surface area (Å²) in [4.78, 5) is 0. The summed E-state index contributed by atoms with van der Waals surface area (Å²) in [6.07, 6.45) is 0.332. The largest absolute Gasteiger partial charge is 0.492 e. The fourth-order valence-electron chi connectivity index (χ4n) is 2.02. The number of rotatable bonds is 5. The Bertz CT molecular complexity index is 631. The first-order valence-electron chi connectivity index (χ1n) is 6.52. The van der Waals surface area contributed by atoms with E-state index >= 15 is 0 Å². The second-order valence-electron chi connectivity index (χ2n) is 4.50. The highest BCUT2D eigenvalue weighted by molar-refractivity contribution is 6.35. The first kappa shape index (κ1) is 16.4. The van der Waals surface area contributed by atoms with Crippen LogP contribution in [0.5, 0.6) is 5.75 Å². The molecule has 0 heterocycles. The van der Waals surface area contributed by atoms with E-state index < -0.39 is 5.38 Å². The van der Waals surface area contributed by atoms with Crippen molar-refractivity contribution in [3.63, 3.8) is 0 Å². The lowest BCUT2D eigenvalue weighted by Gasteiger charge is -2.15. The van der Waals surface area contributed by atoms with E-state index in [9.17, 15) is 4.39 Å². The Balaban J connectivity index is 2.25. The van der Waals surface area contributed by atoms with Gasteiger partial charge in [0.2, 0.25) is 0 Å². The summed E-state index contributed by atoms with van der Waals surface area (Å²) < 4.78 is 19.0. The minimum atomic E-state index is -0.470. The van der Waals surface area contributed by atoms with Crippen molar-refractivity contribution in [1.82, 2.24) is 0 Å². The molecule has 112 valence electrons. The second kappa shape index (κ2) is 7.35. The van der Waals surface area contributed by atoms with Crippen LogP contribution in [-0.2, 0) is 6.42 Å². The van der Waals surface area contributed by atoms with E-state index in [2.05, 4.69) is 0 Å². The highest BCUT2D eigenvalue weighted by Crippen LogP contribution is 2.37. The zero-order valence-electron chi connectivity index (χ0n) is 11.4. The molecule has 0 aliphatic rings. The van der Waals surface area contributed by atoms with Crippen LogP contribution in [0.15, 0.2) is 36.4 Å². The number of halogens is 4. The normalized spacial score (nSPS) is 12.2. The molecule has 0 saturated carbocycles. The van der Waals surface area contributed by atoms with Crippen molar-refractivity contribution in [1.29, 1.82) is 0 Å². The van der Waals surface area contributed by atoms with Crippen LogP contribution in [0.3, 0.4) is 0 Å². The van der Waals surface area contributed by atoms with Gasteiger partial charge in [0, 0.05) is 11.1 Å². The maximum absolute atomic E-state index is 13.7. The average molecular weight is 348 g/mol. The summed E-state index contributed by atoms with van der Waals surface area (Å²) in [5.41, 5.74) is 1.20. The fraction of sp³-hybridized carbons (Fsp3) is 0.250. The SMILES string of the molecule is CCOc1cc(Cl)c(C(Cl)Cc2ccccc2F)cc1Cl. The summed E-state index contributed by atoms with van der Waals surface area (Å²) in [7, 11) is 0. The van der Waals surface area contributed by atoms with Crippen molar-refractivity contribution in [2.75, 3.05) is 6.61 Å². The van der Waals surface area contributed by atoms with E-state index in [1.165, 1.54) is 6.07 Å². The standard InChI is InChI=1S/C16H14Cl3FO/c1-2-21-16-9-13(18)11(8-14(16)19)12(17)7-10-5-3-4-6-15(10)20/h3-6,8-9,12H,2,7H2,1H3. The molecule has 2 aromatic carbocycles. The Labute approximate surface area is 138 Å². The minimum Gasteiger partial charge on any atom is -0.492 e.